The Hall–Kier alpha value is -1.58. The van der Waals surface area contributed by atoms with Crippen LogP contribution < -0.4 is 5.32 Å². The second kappa shape index (κ2) is 8.65. The van der Waals surface area contributed by atoms with E-state index in [0.717, 1.165) is 25.9 Å². The highest BCUT2D eigenvalue weighted by Crippen LogP contribution is 2.19. The van der Waals surface area contributed by atoms with Crippen molar-refractivity contribution in [1.82, 2.24) is 9.88 Å². The summed E-state index contributed by atoms with van der Waals surface area (Å²) in [5.74, 6) is 1.22. The molecule has 0 aliphatic heterocycles. The van der Waals surface area contributed by atoms with Crippen LogP contribution in [0.1, 0.15) is 57.8 Å². The fraction of sp³-hybridized carbons (Fsp3) is 0.647. The summed E-state index contributed by atoms with van der Waals surface area (Å²) in [7, 11) is 0. The third-order valence-electron chi connectivity index (χ3n) is 3.59. The Morgan fingerprint density at radius 1 is 1.29 bits per heavy atom. The van der Waals surface area contributed by atoms with Crippen LogP contribution in [-0.2, 0) is 0 Å². The maximum absolute atomic E-state index is 13.0. The van der Waals surface area contributed by atoms with Crippen molar-refractivity contribution in [1.29, 1.82) is 0 Å². The van der Waals surface area contributed by atoms with E-state index in [1.165, 1.54) is 0 Å². The summed E-state index contributed by atoms with van der Waals surface area (Å²) < 4.78 is 0. The smallest absolute Gasteiger partial charge is 0.257 e. The van der Waals surface area contributed by atoms with Crippen LogP contribution in [0.4, 0.5) is 5.82 Å². The molecule has 1 heterocycles. The van der Waals surface area contributed by atoms with Crippen molar-refractivity contribution in [2.45, 2.75) is 53.5 Å². The van der Waals surface area contributed by atoms with Gasteiger partial charge in [0.05, 0.1) is 5.56 Å². The highest BCUT2D eigenvalue weighted by Gasteiger charge is 2.25. The molecule has 0 fully saturated rings. The van der Waals surface area contributed by atoms with Crippen molar-refractivity contribution >= 4 is 11.7 Å². The Labute approximate surface area is 129 Å². The van der Waals surface area contributed by atoms with Gasteiger partial charge in [-0.2, -0.15) is 0 Å². The van der Waals surface area contributed by atoms with Crippen molar-refractivity contribution in [3.63, 3.8) is 0 Å². The second-order valence-corrected chi connectivity index (χ2v) is 5.75. The molecule has 0 aromatic carbocycles. The van der Waals surface area contributed by atoms with E-state index in [1.54, 1.807) is 6.20 Å². The van der Waals surface area contributed by atoms with Gasteiger partial charge >= 0.3 is 0 Å². The largest absolute Gasteiger partial charge is 0.370 e. The molecule has 0 aliphatic rings. The van der Waals surface area contributed by atoms with Crippen LogP contribution in [0.15, 0.2) is 18.3 Å². The molecule has 4 nitrogen and oxygen atoms in total. The van der Waals surface area contributed by atoms with E-state index in [2.05, 4.69) is 38.0 Å². The second-order valence-electron chi connectivity index (χ2n) is 5.75. The predicted molar refractivity (Wildman–Crippen MR) is 88.6 cm³/mol. The van der Waals surface area contributed by atoms with E-state index < -0.39 is 0 Å². The maximum Gasteiger partial charge on any atom is 0.257 e. The van der Waals surface area contributed by atoms with Crippen LogP contribution in [0, 0.1) is 5.92 Å². The van der Waals surface area contributed by atoms with E-state index in [4.69, 9.17) is 0 Å². The average Bonchev–Trinajstić information content (AvgIpc) is 2.47. The molecule has 0 aliphatic carbocycles. The zero-order valence-electron chi connectivity index (χ0n) is 14.0. The molecule has 0 saturated heterocycles. The molecule has 0 bridgehead atoms. The summed E-state index contributed by atoms with van der Waals surface area (Å²) >= 11 is 0. The lowest BCUT2D eigenvalue weighted by molar-refractivity contribution is 0.0641. The van der Waals surface area contributed by atoms with Gasteiger partial charge < -0.3 is 10.2 Å². The lowest BCUT2D eigenvalue weighted by Crippen LogP contribution is -2.42. The van der Waals surface area contributed by atoms with Crippen LogP contribution in [0.2, 0.25) is 0 Å². The van der Waals surface area contributed by atoms with Crippen molar-refractivity contribution in [3.8, 4) is 0 Å². The number of carbonyl (C=O) groups excluding carboxylic acids is 1. The number of nitrogens with zero attached hydrogens (tertiary/aromatic N) is 2. The normalized spacial score (nSPS) is 11.0. The van der Waals surface area contributed by atoms with Crippen LogP contribution >= 0.6 is 0 Å². The van der Waals surface area contributed by atoms with Crippen LogP contribution in [0.5, 0.6) is 0 Å². The first kappa shape index (κ1) is 17.5. The molecule has 1 N–H and O–H groups in total. The average molecular weight is 291 g/mol. The molecule has 4 heteroatoms. The number of anilines is 1. The summed E-state index contributed by atoms with van der Waals surface area (Å²) in [5, 5.41) is 3.18. The first-order valence-corrected chi connectivity index (χ1v) is 8.04. The van der Waals surface area contributed by atoms with Gasteiger partial charge in [-0.1, -0.05) is 27.7 Å². The Balaban J connectivity index is 3.09. The minimum atomic E-state index is 0.0847. The zero-order valence-corrected chi connectivity index (χ0v) is 14.0. The Morgan fingerprint density at radius 2 is 1.95 bits per heavy atom. The molecule has 1 aromatic heterocycles. The quantitative estimate of drug-likeness (QED) is 0.792. The van der Waals surface area contributed by atoms with Gasteiger partial charge in [0.2, 0.25) is 0 Å². The van der Waals surface area contributed by atoms with E-state index in [0.29, 0.717) is 17.3 Å². The van der Waals surface area contributed by atoms with Crippen molar-refractivity contribution in [2.75, 3.05) is 18.4 Å². The van der Waals surface area contributed by atoms with Gasteiger partial charge in [0.25, 0.3) is 5.91 Å². The van der Waals surface area contributed by atoms with Crippen LogP contribution in [0.3, 0.4) is 0 Å². The highest BCUT2D eigenvalue weighted by molar-refractivity contribution is 5.98. The fourth-order valence-electron chi connectivity index (χ4n) is 2.56. The van der Waals surface area contributed by atoms with Gasteiger partial charge in [0.1, 0.15) is 5.82 Å². The van der Waals surface area contributed by atoms with Gasteiger partial charge in [-0.05, 0) is 37.8 Å². The molecule has 0 saturated carbocycles. The van der Waals surface area contributed by atoms with Gasteiger partial charge in [0.15, 0.2) is 0 Å². The molecule has 0 atom stereocenters. The summed E-state index contributed by atoms with van der Waals surface area (Å²) in [6, 6.07) is 3.98. The molecule has 118 valence electrons. The lowest BCUT2D eigenvalue weighted by atomic mass is 10.1. The Bertz CT molecular complexity index is 441. The first-order chi connectivity index (χ1) is 10.0. The molecule has 1 aromatic rings. The topological polar surface area (TPSA) is 45.2 Å². The number of rotatable bonds is 8. The zero-order chi connectivity index (χ0) is 15.8. The summed E-state index contributed by atoms with van der Waals surface area (Å²) in [4.78, 5) is 19.3. The summed E-state index contributed by atoms with van der Waals surface area (Å²) in [5.41, 5.74) is 0.673. The molecular weight excluding hydrogens is 262 g/mol. The molecule has 0 spiro atoms. The Morgan fingerprint density at radius 3 is 2.48 bits per heavy atom. The molecule has 0 radical (unpaired) electrons. The van der Waals surface area contributed by atoms with Gasteiger partial charge in [-0.15, -0.1) is 0 Å². The van der Waals surface area contributed by atoms with Crippen molar-refractivity contribution in [3.05, 3.63) is 23.9 Å². The number of amides is 1. The van der Waals surface area contributed by atoms with Crippen LogP contribution in [0.25, 0.3) is 0 Å². The van der Waals surface area contributed by atoms with Gasteiger partial charge in [-0.25, -0.2) is 4.98 Å². The number of pyridine rings is 1. The number of nitrogens with one attached hydrogen (secondary N) is 1. The third-order valence-corrected chi connectivity index (χ3v) is 3.59. The highest BCUT2D eigenvalue weighted by atomic mass is 16.2. The number of hydrogen-bond donors (Lipinski definition) is 1. The summed E-state index contributed by atoms with van der Waals surface area (Å²) in [6.45, 7) is 12.1. The Kier molecular flexibility index (Phi) is 7.20. The lowest BCUT2D eigenvalue weighted by Gasteiger charge is -2.32. The van der Waals surface area contributed by atoms with Gasteiger partial charge in [0, 0.05) is 25.3 Å². The standard InChI is InChI=1S/C17H29N3O/c1-6-14(7-2)20(12-13(4)5)17(21)15-10-9-11-19-16(15)18-8-3/h9-11,13-14H,6-8,12H2,1-5H3,(H,18,19). The fourth-order valence-corrected chi connectivity index (χ4v) is 2.56. The SMILES string of the molecule is CCNc1ncccc1C(=O)N(CC(C)C)C(CC)CC. The van der Waals surface area contributed by atoms with Crippen LogP contribution in [-0.4, -0.2) is 34.9 Å². The monoisotopic (exact) mass is 291 g/mol. The minimum Gasteiger partial charge on any atom is -0.370 e. The maximum atomic E-state index is 13.0. The van der Waals surface area contributed by atoms with Crippen molar-refractivity contribution in [2.24, 2.45) is 5.92 Å². The van der Waals surface area contributed by atoms with Gasteiger partial charge in [-0.3, -0.25) is 4.79 Å². The first-order valence-electron chi connectivity index (χ1n) is 8.04. The summed E-state index contributed by atoms with van der Waals surface area (Å²) in [6.07, 6.45) is 3.68. The number of aromatic nitrogens is 1. The molecular formula is C17H29N3O. The van der Waals surface area contributed by atoms with Crippen molar-refractivity contribution < 1.29 is 4.79 Å². The molecule has 21 heavy (non-hydrogen) atoms. The van der Waals surface area contributed by atoms with E-state index in [9.17, 15) is 4.79 Å². The van der Waals surface area contributed by atoms with E-state index in [-0.39, 0.29) is 11.9 Å². The van der Waals surface area contributed by atoms with E-state index in [1.807, 2.05) is 24.0 Å². The number of carbonyl (C=O) groups is 1. The third kappa shape index (κ3) is 4.73. The van der Waals surface area contributed by atoms with E-state index >= 15 is 0 Å². The molecule has 1 amide bonds. The molecule has 1 rings (SSSR count). The molecule has 0 unspecified atom stereocenters. The predicted octanol–water partition coefficient (Wildman–Crippen LogP) is 3.80. The number of hydrogen-bond acceptors (Lipinski definition) is 3. The minimum absolute atomic E-state index is 0.0847.